The van der Waals surface area contributed by atoms with E-state index in [9.17, 15) is 4.79 Å². The lowest BCUT2D eigenvalue weighted by Gasteiger charge is -2.19. The van der Waals surface area contributed by atoms with Crippen molar-refractivity contribution in [3.05, 3.63) is 28.8 Å². The number of nitrogens with zero attached hydrogens (tertiary/aromatic N) is 1. The molecule has 0 radical (unpaired) electrons. The Labute approximate surface area is 142 Å². The monoisotopic (exact) mass is 344 g/mol. The molecule has 1 amide bonds. The first-order valence-electron chi connectivity index (χ1n) is 7.47. The maximum absolute atomic E-state index is 12.3. The molecule has 2 fully saturated rings. The van der Waals surface area contributed by atoms with Crippen molar-refractivity contribution in [2.24, 2.45) is 17.6 Å². The van der Waals surface area contributed by atoms with Gasteiger partial charge in [-0.1, -0.05) is 17.7 Å². The van der Waals surface area contributed by atoms with Crippen molar-refractivity contribution >= 4 is 29.9 Å². The van der Waals surface area contributed by atoms with E-state index in [4.69, 9.17) is 22.1 Å². The number of rotatable bonds is 3. The number of benzene rings is 1. The Hall–Kier alpha value is -0.970. The van der Waals surface area contributed by atoms with Crippen LogP contribution in [0.15, 0.2) is 18.2 Å². The summed E-state index contributed by atoms with van der Waals surface area (Å²) in [6.45, 7) is 3.56. The number of halogens is 2. The van der Waals surface area contributed by atoms with Crippen LogP contribution in [0.4, 0.5) is 0 Å². The number of likely N-dealkylation sites (tertiary alicyclic amines) is 1. The molecule has 1 aliphatic heterocycles. The first kappa shape index (κ1) is 17.4. The summed E-state index contributed by atoms with van der Waals surface area (Å²) in [5, 5.41) is 0.654. The molecular formula is C16H22Cl2N2O2. The number of nitrogens with two attached hydrogens (primary N) is 1. The van der Waals surface area contributed by atoms with Crippen LogP contribution in [0.25, 0.3) is 0 Å². The minimum Gasteiger partial charge on any atom is -0.483 e. The maximum Gasteiger partial charge on any atom is 0.260 e. The van der Waals surface area contributed by atoms with E-state index in [1.165, 1.54) is 0 Å². The van der Waals surface area contributed by atoms with Gasteiger partial charge in [-0.3, -0.25) is 4.79 Å². The molecule has 1 saturated carbocycles. The highest BCUT2D eigenvalue weighted by molar-refractivity contribution is 6.31. The average molecular weight is 345 g/mol. The summed E-state index contributed by atoms with van der Waals surface area (Å²) in [7, 11) is 0. The largest absolute Gasteiger partial charge is 0.483 e. The molecule has 6 heteroatoms. The van der Waals surface area contributed by atoms with Gasteiger partial charge < -0.3 is 15.4 Å². The molecule has 4 nitrogen and oxygen atoms in total. The minimum atomic E-state index is 0. The fourth-order valence-electron chi connectivity index (χ4n) is 3.49. The molecule has 1 aromatic carbocycles. The number of hydrogen-bond acceptors (Lipinski definition) is 3. The van der Waals surface area contributed by atoms with Crippen LogP contribution < -0.4 is 10.5 Å². The highest BCUT2D eigenvalue weighted by atomic mass is 35.5. The highest BCUT2D eigenvalue weighted by Gasteiger charge is 2.42. The number of hydrogen-bond donors (Lipinski definition) is 1. The molecular weight excluding hydrogens is 323 g/mol. The third-order valence-corrected chi connectivity index (χ3v) is 5.24. The van der Waals surface area contributed by atoms with Gasteiger partial charge in [0.25, 0.3) is 5.91 Å². The van der Waals surface area contributed by atoms with Crippen LogP contribution in [0.1, 0.15) is 18.4 Å². The number of amides is 1. The Balaban J connectivity index is 0.00000176. The third-order valence-electron chi connectivity index (χ3n) is 4.83. The fourth-order valence-corrected chi connectivity index (χ4v) is 3.65. The molecule has 122 valence electrons. The van der Waals surface area contributed by atoms with Crippen LogP contribution in [-0.4, -0.2) is 36.5 Å². The van der Waals surface area contributed by atoms with Gasteiger partial charge in [0.1, 0.15) is 5.75 Å². The summed E-state index contributed by atoms with van der Waals surface area (Å²) in [5.41, 5.74) is 6.97. The molecule has 0 spiro atoms. The lowest BCUT2D eigenvalue weighted by Crippen LogP contribution is -2.36. The predicted molar refractivity (Wildman–Crippen MR) is 89.7 cm³/mol. The molecule has 2 N–H and O–H groups in total. The van der Waals surface area contributed by atoms with E-state index in [0.717, 1.165) is 31.5 Å². The van der Waals surface area contributed by atoms with Gasteiger partial charge in [-0.15, -0.1) is 12.4 Å². The quantitative estimate of drug-likeness (QED) is 0.916. The van der Waals surface area contributed by atoms with E-state index in [-0.39, 0.29) is 31.0 Å². The Morgan fingerprint density at radius 1 is 1.41 bits per heavy atom. The average Bonchev–Trinajstić information content (AvgIpc) is 3.03. The van der Waals surface area contributed by atoms with Crippen LogP contribution in [-0.2, 0) is 4.79 Å². The van der Waals surface area contributed by atoms with Gasteiger partial charge in [-0.25, -0.2) is 0 Å². The maximum atomic E-state index is 12.3. The molecule has 1 aromatic rings. The second kappa shape index (κ2) is 7.07. The second-order valence-electron chi connectivity index (χ2n) is 6.12. The zero-order valence-corrected chi connectivity index (χ0v) is 14.2. The van der Waals surface area contributed by atoms with Gasteiger partial charge >= 0.3 is 0 Å². The lowest BCUT2D eigenvalue weighted by atomic mass is 9.98. The van der Waals surface area contributed by atoms with Crippen LogP contribution in [0.5, 0.6) is 5.75 Å². The summed E-state index contributed by atoms with van der Waals surface area (Å²) < 4.78 is 5.63. The zero-order valence-electron chi connectivity index (χ0n) is 12.6. The number of ether oxygens (including phenoxy) is 1. The predicted octanol–water partition coefficient (Wildman–Crippen LogP) is 2.64. The fraction of sp³-hybridized carbons (Fsp3) is 0.562. The molecule has 3 unspecified atom stereocenters. The number of fused-ring (bicyclic) bond motifs is 1. The number of carbonyl (C=O) groups excluding carboxylic acids is 1. The van der Waals surface area contributed by atoms with Crippen molar-refractivity contribution < 1.29 is 9.53 Å². The standard InChI is InChI=1S/C16H21ClN2O2.ClH/c1-10-13(17)3-2-4-15(10)21-9-16(20)19-7-11-5-6-14(18)12(11)8-19;/h2-4,11-12,14H,5-9,18H2,1H3;1H. The van der Waals surface area contributed by atoms with Crippen LogP contribution in [0, 0.1) is 18.8 Å². The summed E-state index contributed by atoms with van der Waals surface area (Å²) in [5.74, 6) is 1.77. The third kappa shape index (κ3) is 3.34. The van der Waals surface area contributed by atoms with Crippen molar-refractivity contribution in [3.8, 4) is 5.75 Å². The summed E-state index contributed by atoms with van der Waals surface area (Å²) in [6, 6.07) is 5.73. The van der Waals surface area contributed by atoms with Gasteiger partial charge in [0.2, 0.25) is 0 Å². The van der Waals surface area contributed by atoms with Crippen molar-refractivity contribution in [2.75, 3.05) is 19.7 Å². The zero-order chi connectivity index (χ0) is 15.0. The lowest BCUT2D eigenvalue weighted by molar-refractivity contribution is -0.132. The van der Waals surface area contributed by atoms with Crippen molar-refractivity contribution in [1.29, 1.82) is 0 Å². The second-order valence-corrected chi connectivity index (χ2v) is 6.52. The van der Waals surface area contributed by atoms with E-state index in [0.29, 0.717) is 22.6 Å². The van der Waals surface area contributed by atoms with E-state index in [1.807, 2.05) is 30.0 Å². The summed E-state index contributed by atoms with van der Waals surface area (Å²) in [6.07, 6.45) is 2.24. The number of carbonyl (C=O) groups is 1. The van der Waals surface area contributed by atoms with Gasteiger partial charge in [-0.2, -0.15) is 0 Å². The van der Waals surface area contributed by atoms with Gasteiger partial charge in [0, 0.05) is 29.7 Å². The molecule has 3 atom stereocenters. The molecule has 2 aliphatic rings. The topological polar surface area (TPSA) is 55.6 Å². The van der Waals surface area contributed by atoms with Gasteiger partial charge in [0.05, 0.1) is 0 Å². The normalized spacial score (nSPS) is 26.5. The molecule has 0 aromatic heterocycles. The molecule has 1 heterocycles. The Kier molecular flexibility index (Phi) is 5.59. The SMILES string of the molecule is Cc1c(Cl)cccc1OCC(=O)N1CC2CCC(N)C2C1.Cl. The Morgan fingerprint density at radius 3 is 2.91 bits per heavy atom. The van der Waals surface area contributed by atoms with Crippen molar-refractivity contribution in [2.45, 2.75) is 25.8 Å². The van der Waals surface area contributed by atoms with Crippen molar-refractivity contribution in [1.82, 2.24) is 4.90 Å². The van der Waals surface area contributed by atoms with Crippen LogP contribution in [0.3, 0.4) is 0 Å². The summed E-state index contributed by atoms with van der Waals surface area (Å²) in [4.78, 5) is 14.2. The Morgan fingerprint density at radius 2 is 2.18 bits per heavy atom. The van der Waals surface area contributed by atoms with Gasteiger partial charge in [0.15, 0.2) is 6.61 Å². The molecule has 3 rings (SSSR count). The Bertz CT molecular complexity index is 553. The van der Waals surface area contributed by atoms with Gasteiger partial charge in [-0.05, 0) is 43.7 Å². The van der Waals surface area contributed by atoms with E-state index < -0.39 is 0 Å². The molecule has 1 saturated heterocycles. The molecule has 1 aliphatic carbocycles. The van der Waals surface area contributed by atoms with Crippen LogP contribution >= 0.6 is 24.0 Å². The first-order chi connectivity index (χ1) is 10.1. The van der Waals surface area contributed by atoms with Crippen LogP contribution in [0.2, 0.25) is 5.02 Å². The van der Waals surface area contributed by atoms with Crippen molar-refractivity contribution in [3.63, 3.8) is 0 Å². The van der Waals surface area contributed by atoms with E-state index in [2.05, 4.69) is 0 Å². The first-order valence-corrected chi connectivity index (χ1v) is 7.85. The molecule has 0 bridgehead atoms. The molecule has 22 heavy (non-hydrogen) atoms. The van der Waals surface area contributed by atoms with E-state index in [1.54, 1.807) is 0 Å². The minimum absolute atomic E-state index is 0. The highest BCUT2D eigenvalue weighted by Crippen LogP contribution is 2.37. The van der Waals surface area contributed by atoms with E-state index >= 15 is 0 Å². The smallest absolute Gasteiger partial charge is 0.260 e. The summed E-state index contributed by atoms with van der Waals surface area (Å²) >= 11 is 6.05.